The van der Waals surface area contributed by atoms with Crippen LogP contribution in [0.3, 0.4) is 0 Å². The first kappa shape index (κ1) is 22.8. The summed E-state index contributed by atoms with van der Waals surface area (Å²) in [6.45, 7) is 8.12. The molecule has 32 heavy (non-hydrogen) atoms. The van der Waals surface area contributed by atoms with Gasteiger partial charge in [-0.05, 0) is 26.3 Å². The first-order chi connectivity index (χ1) is 15.3. The quantitative estimate of drug-likeness (QED) is 0.708. The highest BCUT2D eigenvalue weighted by atomic mass is 16.2. The highest BCUT2D eigenvalue weighted by molar-refractivity contribution is 6.01. The molecule has 1 aliphatic carbocycles. The summed E-state index contributed by atoms with van der Waals surface area (Å²) >= 11 is 0. The molecule has 1 aromatic heterocycles. The molecule has 176 valence electrons. The molecule has 3 aliphatic rings. The van der Waals surface area contributed by atoms with Gasteiger partial charge in [0.2, 0.25) is 5.91 Å². The Hall–Kier alpha value is -2.42. The summed E-state index contributed by atoms with van der Waals surface area (Å²) < 4.78 is 1.55. The summed E-state index contributed by atoms with van der Waals surface area (Å²) in [6.07, 6.45) is 6.63. The molecule has 1 saturated heterocycles. The van der Waals surface area contributed by atoms with Gasteiger partial charge in [0, 0.05) is 45.3 Å². The van der Waals surface area contributed by atoms with Crippen LogP contribution in [0.5, 0.6) is 0 Å². The molecule has 0 spiro atoms. The Labute approximate surface area is 190 Å². The predicted molar refractivity (Wildman–Crippen MR) is 120 cm³/mol. The van der Waals surface area contributed by atoms with Gasteiger partial charge in [-0.3, -0.25) is 19.1 Å². The first-order valence-corrected chi connectivity index (χ1v) is 12.0. The van der Waals surface area contributed by atoms with Gasteiger partial charge in [-0.15, -0.1) is 0 Å². The Morgan fingerprint density at radius 2 is 1.78 bits per heavy atom. The second-order valence-electron chi connectivity index (χ2n) is 9.60. The van der Waals surface area contributed by atoms with E-state index in [1.807, 2.05) is 0 Å². The van der Waals surface area contributed by atoms with Crippen molar-refractivity contribution in [3.05, 3.63) is 17.5 Å². The normalized spacial score (nSPS) is 25.4. The molecule has 0 radical (unpaired) electrons. The fraction of sp³-hybridized carbons (Fsp3) is 0.739. The second kappa shape index (κ2) is 9.21. The van der Waals surface area contributed by atoms with Crippen molar-refractivity contribution in [2.75, 3.05) is 39.8 Å². The Balaban J connectivity index is 1.49. The molecule has 0 bridgehead atoms. The number of rotatable bonds is 4. The number of piperazine rings is 1. The van der Waals surface area contributed by atoms with Crippen molar-refractivity contribution in [1.82, 2.24) is 29.8 Å². The summed E-state index contributed by atoms with van der Waals surface area (Å²) in [5.74, 6) is -0.579. The largest absolute Gasteiger partial charge is 0.351 e. The summed E-state index contributed by atoms with van der Waals surface area (Å²) in [4.78, 5) is 45.0. The number of carbonyl (C=O) groups is 3. The van der Waals surface area contributed by atoms with Gasteiger partial charge in [0.15, 0.2) is 5.69 Å². The maximum Gasteiger partial charge on any atom is 0.274 e. The Kier molecular flexibility index (Phi) is 6.55. The third kappa shape index (κ3) is 4.27. The monoisotopic (exact) mass is 444 g/mol. The lowest BCUT2D eigenvalue weighted by Crippen LogP contribution is -2.63. The lowest BCUT2D eigenvalue weighted by atomic mass is 9.95. The average Bonchev–Trinajstić information content (AvgIpc) is 3.05. The van der Waals surface area contributed by atoms with Gasteiger partial charge in [-0.25, -0.2) is 0 Å². The van der Waals surface area contributed by atoms with Gasteiger partial charge < -0.3 is 20.0 Å². The van der Waals surface area contributed by atoms with Crippen LogP contribution in [-0.2, 0) is 11.3 Å². The highest BCUT2D eigenvalue weighted by Crippen LogP contribution is 2.27. The predicted octanol–water partition coefficient (Wildman–Crippen LogP) is 1.34. The van der Waals surface area contributed by atoms with E-state index in [2.05, 4.69) is 22.2 Å². The van der Waals surface area contributed by atoms with E-state index in [0.717, 1.165) is 45.3 Å². The van der Waals surface area contributed by atoms with Crippen molar-refractivity contribution in [3.8, 4) is 0 Å². The van der Waals surface area contributed by atoms with Crippen molar-refractivity contribution < 1.29 is 14.4 Å². The highest BCUT2D eigenvalue weighted by Gasteiger charge is 2.47. The number of likely N-dealkylation sites (N-methyl/N-ethyl adjacent to an activating group) is 2. The summed E-state index contributed by atoms with van der Waals surface area (Å²) in [5, 5.41) is 7.66. The first-order valence-electron chi connectivity index (χ1n) is 12.0. The minimum atomic E-state index is -1.05. The van der Waals surface area contributed by atoms with Crippen LogP contribution in [0.1, 0.15) is 73.3 Å². The molecule has 0 aromatic carbocycles. The second-order valence-corrected chi connectivity index (χ2v) is 9.60. The number of carbonyl (C=O) groups excluding carboxylic acids is 3. The SMILES string of the molecule is CCN1CCN(C(=O)c2cc3n(n2)CC(C)(C(=O)NC2CCCCCC2)N(C)C3=O)CC1. The van der Waals surface area contributed by atoms with E-state index in [1.54, 1.807) is 29.6 Å². The Morgan fingerprint density at radius 3 is 2.41 bits per heavy atom. The molecular formula is C23H36N6O3. The summed E-state index contributed by atoms with van der Waals surface area (Å²) in [5.41, 5.74) is -0.405. The smallest absolute Gasteiger partial charge is 0.274 e. The van der Waals surface area contributed by atoms with Crippen LogP contribution >= 0.6 is 0 Å². The van der Waals surface area contributed by atoms with Gasteiger partial charge in [0.05, 0.1) is 6.54 Å². The van der Waals surface area contributed by atoms with Crippen molar-refractivity contribution in [1.29, 1.82) is 0 Å². The molecule has 9 nitrogen and oxygen atoms in total. The van der Waals surface area contributed by atoms with Gasteiger partial charge in [0.1, 0.15) is 11.2 Å². The zero-order valence-corrected chi connectivity index (χ0v) is 19.6. The lowest BCUT2D eigenvalue weighted by molar-refractivity contribution is -0.133. The van der Waals surface area contributed by atoms with Crippen LogP contribution in [0, 0.1) is 0 Å². The van der Waals surface area contributed by atoms with E-state index in [1.165, 1.54) is 17.7 Å². The molecule has 2 aliphatic heterocycles. The van der Waals surface area contributed by atoms with Gasteiger partial charge in [0.25, 0.3) is 11.8 Å². The lowest BCUT2D eigenvalue weighted by Gasteiger charge is -2.41. The maximum absolute atomic E-state index is 13.3. The topological polar surface area (TPSA) is 90.8 Å². The number of hydrogen-bond acceptors (Lipinski definition) is 5. The summed E-state index contributed by atoms with van der Waals surface area (Å²) in [6, 6.07) is 1.74. The fourth-order valence-electron chi connectivity index (χ4n) is 5.03. The van der Waals surface area contributed by atoms with Gasteiger partial charge in [-0.2, -0.15) is 5.10 Å². The number of nitrogens with zero attached hydrogens (tertiary/aromatic N) is 5. The molecule has 4 rings (SSSR count). The maximum atomic E-state index is 13.3. The van der Waals surface area contributed by atoms with E-state index in [4.69, 9.17) is 0 Å². The van der Waals surface area contributed by atoms with Crippen molar-refractivity contribution >= 4 is 17.7 Å². The van der Waals surface area contributed by atoms with Crippen LogP contribution in [-0.4, -0.2) is 93.6 Å². The van der Waals surface area contributed by atoms with E-state index >= 15 is 0 Å². The number of aromatic nitrogens is 2. The number of amides is 3. The number of nitrogens with one attached hydrogen (secondary N) is 1. The Morgan fingerprint density at radius 1 is 1.12 bits per heavy atom. The number of hydrogen-bond donors (Lipinski definition) is 1. The fourth-order valence-corrected chi connectivity index (χ4v) is 5.03. The van der Waals surface area contributed by atoms with E-state index in [0.29, 0.717) is 18.8 Å². The van der Waals surface area contributed by atoms with Crippen LogP contribution < -0.4 is 5.32 Å². The average molecular weight is 445 g/mol. The van der Waals surface area contributed by atoms with Crippen molar-refractivity contribution in [2.24, 2.45) is 0 Å². The molecule has 1 unspecified atom stereocenters. The third-order valence-electron chi connectivity index (χ3n) is 7.51. The Bertz CT molecular complexity index is 867. The molecular weight excluding hydrogens is 408 g/mol. The van der Waals surface area contributed by atoms with Crippen LogP contribution in [0.15, 0.2) is 6.07 Å². The van der Waals surface area contributed by atoms with Crippen molar-refractivity contribution in [3.63, 3.8) is 0 Å². The zero-order chi connectivity index (χ0) is 22.9. The van der Waals surface area contributed by atoms with Gasteiger partial charge >= 0.3 is 0 Å². The molecule has 1 aromatic rings. The molecule has 3 heterocycles. The summed E-state index contributed by atoms with van der Waals surface area (Å²) in [7, 11) is 1.66. The van der Waals surface area contributed by atoms with E-state index in [9.17, 15) is 14.4 Å². The van der Waals surface area contributed by atoms with Crippen LogP contribution in [0.2, 0.25) is 0 Å². The minimum Gasteiger partial charge on any atom is -0.351 e. The standard InChI is InChI=1S/C23H36N6O3/c1-4-27-11-13-28(14-12-27)20(30)18-15-19-21(31)26(3)23(2,16-29(19)25-18)22(32)24-17-9-7-5-6-8-10-17/h15,17H,4-14,16H2,1-3H3,(H,24,32). The van der Waals surface area contributed by atoms with Crippen LogP contribution in [0.4, 0.5) is 0 Å². The van der Waals surface area contributed by atoms with E-state index < -0.39 is 5.54 Å². The molecule has 9 heteroatoms. The van der Waals surface area contributed by atoms with E-state index in [-0.39, 0.29) is 36.0 Å². The molecule has 1 saturated carbocycles. The van der Waals surface area contributed by atoms with Gasteiger partial charge in [-0.1, -0.05) is 32.6 Å². The zero-order valence-electron chi connectivity index (χ0n) is 19.6. The molecule has 1 atom stereocenters. The van der Waals surface area contributed by atoms with Crippen molar-refractivity contribution in [2.45, 2.75) is 70.5 Å². The molecule has 3 amide bonds. The number of fused-ring (bicyclic) bond motifs is 1. The molecule has 2 fully saturated rings. The molecule has 1 N–H and O–H groups in total. The van der Waals surface area contributed by atoms with Crippen LogP contribution in [0.25, 0.3) is 0 Å². The minimum absolute atomic E-state index is 0.148. The third-order valence-corrected chi connectivity index (χ3v) is 7.51.